The molecule has 1 aromatic carbocycles. The summed E-state index contributed by atoms with van der Waals surface area (Å²) < 4.78 is 0. The number of nitrogens with zero attached hydrogens (tertiary/aromatic N) is 3. The van der Waals surface area contributed by atoms with Crippen LogP contribution >= 0.6 is 11.6 Å². The van der Waals surface area contributed by atoms with Gasteiger partial charge >= 0.3 is 0 Å². The number of benzene rings is 1. The van der Waals surface area contributed by atoms with E-state index in [1.807, 2.05) is 25.1 Å². The van der Waals surface area contributed by atoms with Gasteiger partial charge in [0.2, 0.25) is 5.28 Å². The fourth-order valence-electron chi connectivity index (χ4n) is 1.75. The lowest BCUT2D eigenvalue weighted by Gasteiger charge is -2.02. The number of hydrogen-bond acceptors (Lipinski definition) is 4. The Balaban J connectivity index is 2.00. The summed E-state index contributed by atoms with van der Waals surface area (Å²) in [5, 5.41) is 11.5. The van der Waals surface area contributed by atoms with Crippen LogP contribution in [0.3, 0.4) is 0 Å². The zero-order valence-electron chi connectivity index (χ0n) is 9.61. The molecule has 2 N–H and O–H groups in total. The number of aromatic nitrogens is 4. The Kier molecular flexibility index (Phi) is 2.60. The maximum Gasteiger partial charge on any atom is 0.224 e. The fourth-order valence-corrected chi connectivity index (χ4v) is 1.90. The molecular weight excluding hydrogens is 250 g/mol. The van der Waals surface area contributed by atoms with E-state index in [0.29, 0.717) is 5.82 Å². The number of aryl methyl sites for hydroxylation is 1. The Labute approximate surface area is 108 Å². The molecule has 0 aliphatic heterocycles. The van der Waals surface area contributed by atoms with E-state index in [0.717, 1.165) is 16.7 Å². The van der Waals surface area contributed by atoms with E-state index in [2.05, 4.69) is 25.5 Å². The molecule has 2 heterocycles. The normalized spacial score (nSPS) is 10.8. The van der Waals surface area contributed by atoms with Gasteiger partial charge in [-0.1, -0.05) is 6.07 Å². The van der Waals surface area contributed by atoms with Gasteiger partial charge in [-0.2, -0.15) is 5.10 Å². The van der Waals surface area contributed by atoms with Crippen molar-refractivity contribution in [2.24, 2.45) is 0 Å². The predicted octanol–water partition coefficient (Wildman–Crippen LogP) is 3.06. The molecule has 18 heavy (non-hydrogen) atoms. The number of rotatable bonds is 2. The van der Waals surface area contributed by atoms with Crippen molar-refractivity contribution in [3.63, 3.8) is 0 Å². The SMILES string of the molecule is Cc1ccc2c(Nc3ccnc(Cl)n3)n[nH]c2c1. The third kappa shape index (κ3) is 2.00. The lowest BCUT2D eigenvalue weighted by Crippen LogP contribution is -1.95. The highest BCUT2D eigenvalue weighted by Crippen LogP contribution is 2.23. The van der Waals surface area contributed by atoms with Crippen molar-refractivity contribution in [1.82, 2.24) is 20.2 Å². The fraction of sp³-hybridized carbons (Fsp3) is 0.0833. The minimum Gasteiger partial charge on any atom is -0.323 e. The highest BCUT2D eigenvalue weighted by atomic mass is 35.5. The van der Waals surface area contributed by atoms with Crippen molar-refractivity contribution in [1.29, 1.82) is 0 Å². The van der Waals surface area contributed by atoms with Gasteiger partial charge in [0.15, 0.2) is 5.82 Å². The van der Waals surface area contributed by atoms with Crippen molar-refractivity contribution in [3.05, 3.63) is 41.3 Å². The summed E-state index contributed by atoms with van der Waals surface area (Å²) >= 11 is 5.73. The molecule has 0 saturated heterocycles. The second-order valence-corrected chi connectivity index (χ2v) is 4.30. The number of anilines is 2. The molecule has 0 spiro atoms. The number of halogens is 1. The third-order valence-corrected chi connectivity index (χ3v) is 2.77. The van der Waals surface area contributed by atoms with Crippen LogP contribution < -0.4 is 5.32 Å². The summed E-state index contributed by atoms with van der Waals surface area (Å²) in [6.07, 6.45) is 1.59. The number of H-pyrrole nitrogens is 1. The van der Waals surface area contributed by atoms with Gasteiger partial charge < -0.3 is 5.32 Å². The molecule has 0 unspecified atom stereocenters. The van der Waals surface area contributed by atoms with Gasteiger partial charge in [-0.05, 0) is 42.3 Å². The summed E-state index contributed by atoms with van der Waals surface area (Å²) in [5.74, 6) is 1.34. The molecule has 0 aliphatic rings. The molecule has 5 nitrogen and oxygen atoms in total. The Morgan fingerprint density at radius 1 is 1.28 bits per heavy atom. The van der Waals surface area contributed by atoms with Crippen molar-refractivity contribution >= 4 is 34.1 Å². The first kappa shape index (κ1) is 11.0. The topological polar surface area (TPSA) is 66.5 Å². The molecule has 0 bridgehead atoms. The highest BCUT2D eigenvalue weighted by Gasteiger charge is 2.06. The van der Waals surface area contributed by atoms with Gasteiger partial charge in [-0.3, -0.25) is 5.10 Å². The number of hydrogen-bond donors (Lipinski definition) is 2. The highest BCUT2D eigenvalue weighted by molar-refractivity contribution is 6.28. The average Bonchev–Trinajstić information content (AvgIpc) is 2.72. The van der Waals surface area contributed by atoms with Gasteiger partial charge in [-0.15, -0.1) is 0 Å². The van der Waals surface area contributed by atoms with E-state index < -0.39 is 0 Å². The molecule has 3 aromatic rings. The van der Waals surface area contributed by atoms with Gasteiger partial charge in [-0.25, -0.2) is 9.97 Å². The minimum absolute atomic E-state index is 0.204. The molecule has 90 valence electrons. The van der Waals surface area contributed by atoms with E-state index >= 15 is 0 Å². The lowest BCUT2D eigenvalue weighted by atomic mass is 10.2. The van der Waals surface area contributed by atoms with Crippen LogP contribution in [0.4, 0.5) is 11.6 Å². The van der Waals surface area contributed by atoms with Crippen LogP contribution in [0.1, 0.15) is 5.56 Å². The van der Waals surface area contributed by atoms with Crippen LogP contribution in [0, 0.1) is 6.92 Å². The van der Waals surface area contributed by atoms with E-state index in [-0.39, 0.29) is 5.28 Å². The number of nitrogens with one attached hydrogen (secondary N) is 2. The second-order valence-electron chi connectivity index (χ2n) is 3.96. The molecule has 2 aromatic heterocycles. The zero-order chi connectivity index (χ0) is 12.5. The van der Waals surface area contributed by atoms with E-state index in [1.165, 1.54) is 5.56 Å². The molecular formula is C12H10ClN5. The summed E-state index contributed by atoms with van der Waals surface area (Å²) in [6.45, 7) is 2.04. The summed E-state index contributed by atoms with van der Waals surface area (Å²) in [5.41, 5.74) is 2.17. The van der Waals surface area contributed by atoms with E-state index in [1.54, 1.807) is 12.3 Å². The summed E-state index contributed by atoms with van der Waals surface area (Å²) in [6, 6.07) is 7.83. The third-order valence-electron chi connectivity index (χ3n) is 2.59. The van der Waals surface area contributed by atoms with Gasteiger partial charge in [0.1, 0.15) is 5.82 Å². The first-order valence-electron chi connectivity index (χ1n) is 5.43. The van der Waals surface area contributed by atoms with Gasteiger partial charge in [0.25, 0.3) is 0 Å². The standard InChI is InChI=1S/C12H10ClN5/c1-7-2-3-8-9(6-7)17-18-11(8)15-10-4-5-14-12(13)16-10/h2-6H,1H3,(H2,14,15,16,17,18). The van der Waals surface area contributed by atoms with Crippen LogP contribution in [0.5, 0.6) is 0 Å². The maximum atomic E-state index is 5.73. The molecule has 0 fully saturated rings. The first-order valence-corrected chi connectivity index (χ1v) is 5.80. The quantitative estimate of drug-likeness (QED) is 0.694. The minimum atomic E-state index is 0.204. The molecule has 0 radical (unpaired) electrons. The van der Waals surface area contributed by atoms with Crippen LogP contribution in [0.15, 0.2) is 30.5 Å². The molecule has 0 amide bonds. The summed E-state index contributed by atoms with van der Waals surface area (Å²) in [4.78, 5) is 7.89. The van der Waals surface area contributed by atoms with Crippen LogP contribution in [-0.2, 0) is 0 Å². The summed E-state index contributed by atoms with van der Waals surface area (Å²) in [7, 11) is 0. The second kappa shape index (κ2) is 4.27. The first-order chi connectivity index (χ1) is 8.72. The van der Waals surface area contributed by atoms with Crippen LogP contribution in [-0.4, -0.2) is 20.2 Å². The van der Waals surface area contributed by atoms with Crippen molar-refractivity contribution in [3.8, 4) is 0 Å². The van der Waals surface area contributed by atoms with Crippen molar-refractivity contribution < 1.29 is 0 Å². The van der Waals surface area contributed by atoms with Gasteiger partial charge in [0, 0.05) is 11.6 Å². The number of aromatic amines is 1. The Bertz CT molecular complexity index is 707. The molecule has 6 heteroatoms. The monoisotopic (exact) mass is 259 g/mol. The van der Waals surface area contributed by atoms with Crippen molar-refractivity contribution in [2.45, 2.75) is 6.92 Å². The predicted molar refractivity (Wildman–Crippen MR) is 71.2 cm³/mol. The Morgan fingerprint density at radius 3 is 3.00 bits per heavy atom. The maximum absolute atomic E-state index is 5.73. The van der Waals surface area contributed by atoms with E-state index in [4.69, 9.17) is 11.6 Å². The molecule has 3 rings (SSSR count). The molecule has 0 saturated carbocycles. The van der Waals surface area contributed by atoms with Crippen molar-refractivity contribution in [2.75, 3.05) is 5.32 Å². The lowest BCUT2D eigenvalue weighted by molar-refractivity contribution is 1.10. The largest absolute Gasteiger partial charge is 0.323 e. The molecule has 0 atom stereocenters. The Morgan fingerprint density at radius 2 is 2.17 bits per heavy atom. The van der Waals surface area contributed by atoms with Gasteiger partial charge in [0.05, 0.1) is 5.52 Å². The molecule has 0 aliphatic carbocycles. The average molecular weight is 260 g/mol. The zero-order valence-corrected chi connectivity index (χ0v) is 10.4. The smallest absolute Gasteiger partial charge is 0.224 e. The van der Waals surface area contributed by atoms with E-state index in [9.17, 15) is 0 Å². The number of fused-ring (bicyclic) bond motifs is 1. The van der Waals surface area contributed by atoms with Crippen LogP contribution in [0.25, 0.3) is 10.9 Å². The Hall–Kier alpha value is -2.14. The van der Waals surface area contributed by atoms with Crippen LogP contribution in [0.2, 0.25) is 5.28 Å².